The predicted octanol–water partition coefficient (Wildman–Crippen LogP) is 2.69. The second-order valence-electron chi connectivity index (χ2n) is 5.40. The highest BCUT2D eigenvalue weighted by atomic mass is 16.5. The molecule has 0 aliphatic carbocycles. The topological polar surface area (TPSA) is 62.9 Å². The first-order valence-electron chi connectivity index (χ1n) is 7.43. The summed E-state index contributed by atoms with van der Waals surface area (Å²) in [5, 5.41) is 9.94. The van der Waals surface area contributed by atoms with E-state index < -0.39 is 0 Å². The van der Waals surface area contributed by atoms with Gasteiger partial charge in [-0.15, -0.1) is 0 Å². The first-order valence-corrected chi connectivity index (χ1v) is 7.43. The normalized spacial score (nSPS) is 17.5. The van der Waals surface area contributed by atoms with E-state index in [-0.39, 0.29) is 17.8 Å². The van der Waals surface area contributed by atoms with Crippen LogP contribution in [0.4, 0.5) is 0 Å². The summed E-state index contributed by atoms with van der Waals surface area (Å²) in [5.74, 6) is 0.839. The summed E-state index contributed by atoms with van der Waals surface area (Å²) >= 11 is 0. The van der Waals surface area contributed by atoms with E-state index in [0.717, 1.165) is 12.8 Å². The molecule has 1 aromatic carbocycles. The third kappa shape index (κ3) is 3.31. The number of furan rings is 1. The second-order valence-corrected chi connectivity index (χ2v) is 5.40. The number of hydrogen-bond acceptors (Lipinski definition) is 4. The number of para-hydroxylation sites is 1. The number of phenolic OH excluding ortho intramolecular Hbond substituents is 1. The molecule has 2 heterocycles. The number of aromatic hydroxyl groups is 1. The van der Waals surface area contributed by atoms with Crippen molar-refractivity contribution in [3.05, 3.63) is 54.0 Å². The summed E-state index contributed by atoms with van der Waals surface area (Å²) in [5.41, 5.74) is 0.709. The molecular weight excluding hydrogens is 282 g/mol. The zero-order valence-electron chi connectivity index (χ0n) is 12.3. The van der Waals surface area contributed by atoms with Crippen molar-refractivity contribution in [1.82, 2.24) is 4.90 Å². The average molecular weight is 301 g/mol. The third-order valence-electron chi connectivity index (χ3n) is 3.80. The first-order chi connectivity index (χ1) is 10.7. The highest BCUT2D eigenvalue weighted by molar-refractivity contribution is 5.81. The molecule has 1 amide bonds. The van der Waals surface area contributed by atoms with Crippen LogP contribution in [-0.2, 0) is 22.6 Å². The lowest BCUT2D eigenvalue weighted by molar-refractivity contribution is -0.142. The quantitative estimate of drug-likeness (QED) is 0.922. The van der Waals surface area contributed by atoms with Crippen molar-refractivity contribution >= 4 is 5.91 Å². The van der Waals surface area contributed by atoms with Gasteiger partial charge in [-0.25, -0.2) is 0 Å². The van der Waals surface area contributed by atoms with E-state index in [1.165, 1.54) is 0 Å². The minimum atomic E-state index is -0.388. The molecule has 0 bridgehead atoms. The fraction of sp³-hybridized carbons (Fsp3) is 0.353. The van der Waals surface area contributed by atoms with Crippen LogP contribution in [0.2, 0.25) is 0 Å². The van der Waals surface area contributed by atoms with E-state index in [1.54, 1.807) is 29.4 Å². The van der Waals surface area contributed by atoms with E-state index in [0.29, 0.717) is 31.0 Å². The lowest BCUT2D eigenvalue weighted by Gasteiger charge is -2.25. The molecule has 1 aliphatic rings. The van der Waals surface area contributed by atoms with Gasteiger partial charge in [0.15, 0.2) is 0 Å². The van der Waals surface area contributed by atoms with Crippen molar-refractivity contribution < 1.29 is 19.1 Å². The summed E-state index contributed by atoms with van der Waals surface area (Å²) in [4.78, 5) is 14.3. The van der Waals surface area contributed by atoms with Crippen LogP contribution in [0.1, 0.15) is 24.2 Å². The fourth-order valence-corrected chi connectivity index (χ4v) is 2.63. The van der Waals surface area contributed by atoms with Crippen molar-refractivity contribution in [1.29, 1.82) is 0 Å². The van der Waals surface area contributed by atoms with Crippen LogP contribution < -0.4 is 0 Å². The van der Waals surface area contributed by atoms with E-state index in [9.17, 15) is 9.90 Å². The third-order valence-corrected chi connectivity index (χ3v) is 3.80. The molecule has 1 fully saturated rings. The van der Waals surface area contributed by atoms with Crippen LogP contribution in [0, 0.1) is 0 Å². The maximum Gasteiger partial charge on any atom is 0.252 e. The van der Waals surface area contributed by atoms with E-state index >= 15 is 0 Å². The van der Waals surface area contributed by atoms with Crippen molar-refractivity contribution in [2.24, 2.45) is 0 Å². The Bertz CT molecular complexity index is 617. The zero-order valence-corrected chi connectivity index (χ0v) is 12.3. The summed E-state index contributed by atoms with van der Waals surface area (Å²) < 4.78 is 10.8. The Morgan fingerprint density at radius 1 is 1.23 bits per heavy atom. The SMILES string of the molecule is O=C([C@H]1CCCO1)N(Cc1ccco1)Cc1ccccc1O. The minimum absolute atomic E-state index is 0.0582. The van der Waals surface area contributed by atoms with Gasteiger partial charge in [0.05, 0.1) is 12.8 Å². The molecule has 1 N–H and O–H groups in total. The van der Waals surface area contributed by atoms with Gasteiger partial charge >= 0.3 is 0 Å². The lowest BCUT2D eigenvalue weighted by Crippen LogP contribution is -2.38. The number of nitrogens with zero attached hydrogens (tertiary/aromatic N) is 1. The molecule has 2 aromatic rings. The molecule has 116 valence electrons. The molecule has 1 aromatic heterocycles. The van der Waals surface area contributed by atoms with Crippen LogP contribution >= 0.6 is 0 Å². The molecule has 3 rings (SSSR count). The zero-order chi connectivity index (χ0) is 15.4. The number of benzene rings is 1. The molecule has 1 aliphatic heterocycles. The first kappa shape index (κ1) is 14.7. The number of hydrogen-bond donors (Lipinski definition) is 1. The molecule has 1 saturated heterocycles. The molecule has 5 nitrogen and oxygen atoms in total. The molecule has 0 radical (unpaired) electrons. The highest BCUT2D eigenvalue weighted by Crippen LogP contribution is 2.22. The Kier molecular flexibility index (Phi) is 4.44. The van der Waals surface area contributed by atoms with Crippen LogP contribution in [0.15, 0.2) is 47.1 Å². The number of carbonyl (C=O) groups is 1. The predicted molar refractivity (Wildman–Crippen MR) is 80.0 cm³/mol. The number of ether oxygens (including phenoxy) is 1. The molecule has 0 unspecified atom stereocenters. The number of carbonyl (C=O) groups excluding carboxylic acids is 1. The second kappa shape index (κ2) is 6.66. The van der Waals surface area contributed by atoms with E-state index in [2.05, 4.69) is 0 Å². The number of rotatable bonds is 5. The van der Waals surface area contributed by atoms with Gasteiger partial charge in [-0.05, 0) is 31.0 Å². The summed E-state index contributed by atoms with van der Waals surface area (Å²) in [6.07, 6.45) is 2.85. The van der Waals surface area contributed by atoms with Gasteiger partial charge in [0.25, 0.3) is 5.91 Å². The van der Waals surface area contributed by atoms with Gasteiger partial charge in [0.2, 0.25) is 0 Å². The van der Waals surface area contributed by atoms with Gasteiger partial charge in [-0.3, -0.25) is 4.79 Å². The smallest absolute Gasteiger partial charge is 0.252 e. The van der Waals surface area contributed by atoms with E-state index in [4.69, 9.17) is 9.15 Å². The molecule has 5 heteroatoms. The van der Waals surface area contributed by atoms with Crippen LogP contribution in [0.3, 0.4) is 0 Å². The Labute approximate surface area is 129 Å². The Balaban J connectivity index is 1.79. The van der Waals surface area contributed by atoms with Crippen molar-refractivity contribution in [2.45, 2.75) is 32.0 Å². The van der Waals surface area contributed by atoms with Crippen LogP contribution in [-0.4, -0.2) is 28.6 Å². The Morgan fingerprint density at radius 2 is 2.09 bits per heavy atom. The lowest BCUT2D eigenvalue weighted by atomic mass is 10.1. The van der Waals surface area contributed by atoms with Crippen molar-refractivity contribution in [3.63, 3.8) is 0 Å². The maximum absolute atomic E-state index is 12.7. The monoisotopic (exact) mass is 301 g/mol. The molecular formula is C17H19NO4. The van der Waals surface area contributed by atoms with Gasteiger partial charge in [0, 0.05) is 18.7 Å². The van der Waals surface area contributed by atoms with Crippen LogP contribution in [0.5, 0.6) is 5.75 Å². The highest BCUT2D eigenvalue weighted by Gasteiger charge is 2.29. The largest absolute Gasteiger partial charge is 0.508 e. The Morgan fingerprint density at radius 3 is 2.77 bits per heavy atom. The molecule has 0 saturated carbocycles. The van der Waals surface area contributed by atoms with Gasteiger partial charge in [-0.1, -0.05) is 18.2 Å². The van der Waals surface area contributed by atoms with Crippen LogP contribution in [0.25, 0.3) is 0 Å². The van der Waals surface area contributed by atoms with Gasteiger partial charge in [-0.2, -0.15) is 0 Å². The van der Waals surface area contributed by atoms with Crippen molar-refractivity contribution in [2.75, 3.05) is 6.61 Å². The minimum Gasteiger partial charge on any atom is -0.508 e. The van der Waals surface area contributed by atoms with Crippen molar-refractivity contribution in [3.8, 4) is 5.75 Å². The standard InChI is InChI=1S/C17H19NO4/c19-15-7-2-1-5-13(15)11-18(12-14-6-3-9-21-14)17(20)16-8-4-10-22-16/h1-3,5-7,9,16,19H,4,8,10-12H2/t16-/m1/s1. The summed E-state index contributed by atoms with van der Waals surface area (Å²) in [6, 6.07) is 10.7. The number of amides is 1. The summed E-state index contributed by atoms with van der Waals surface area (Å²) in [7, 11) is 0. The van der Waals surface area contributed by atoms with Gasteiger partial charge in [0.1, 0.15) is 17.6 Å². The Hall–Kier alpha value is -2.27. The average Bonchev–Trinajstić information content (AvgIpc) is 3.21. The number of phenols is 1. The van der Waals surface area contributed by atoms with Gasteiger partial charge < -0.3 is 19.2 Å². The molecule has 1 atom stereocenters. The summed E-state index contributed by atoms with van der Waals surface area (Å²) in [6.45, 7) is 1.31. The fourth-order valence-electron chi connectivity index (χ4n) is 2.63. The maximum atomic E-state index is 12.7. The molecule has 0 spiro atoms. The molecule has 22 heavy (non-hydrogen) atoms. The van der Waals surface area contributed by atoms with E-state index in [1.807, 2.05) is 18.2 Å².